The average Bonchev–Trinajstić information content (AvgIpc) is 2.93. The number of nitrogens with zero attached hydrogens (tertiary/aromatic N) is 3. The molecule has 0 spiro atoms. The van der Waals surface area contributed by atoms with Gasteiger partial charge in [0.05, 0.1) is 11.4 Å². The van der Waals surface area contributed by atoms with E-state index in [4.69, 9.17) is 5.11 Å². The van der Waals surface area contributed by atoms with E-state index in [2.05, 4.69) is 5.10 Å². The van der Waals surface area contributed by atoms with Crippen molar-refractivity contribution in [1.82, 2.24) is 14.1 Å². The molecular formula is C13H21N3O4S. The Morgan fingerprint density at radius 3 is 2.62 bits per heavy atom. The Morgan fingerprint density at radius 1 is 1.43 bits per heavy atom. The zero-order valence-electron chi connectivity index (χ0n) is 12.5. The van der Waals surface area contributed by atoms with Crippen molar-refractivity contribution >= 4 is 16.0 Å². The summed E-state index contributed by atoms with van der Waals surface area (Å²) in [7, 11) is -1.82. The lowest BCUT2D eigenvalue weighted by molar-refractivity contribution is -0.137. The summed E-state index contributed by atoms with van der Waals surface area (Å²) in [5.74, 6) is -0.719. The van der Waals surface area contributed by atoms with E-state index in [0.29, 0.717) is 37.3 Å². The summed E-state index contributed by atoms with van der Waals surface area (Å²) in [6.07, 6.45) is 1.32. The van der Waals surface area contributed by atoms with Crippen LogP contribution in [-0.4, -0.2) is 46.7 Å². The Kier molecular flexibility index (Phi) is 4.38. The highest BCUT2D eigenvalue weighted by atomic mass is 32.2. The maximum Gasteiger partial charge on any atom is 0.303 e. The van der Waals surface area contributed by atoms with Crippen LogP contribution in [-0.2, 0) is 21.9 Å². The highest BCUT2D eigenvalue weighted by Gasteiger charge is 2.35. The lowest BCUT2D eigenvalue weighted by Gasteiger charge is -2.16. The van der Waals surface area contributed by atoms with Gasteiger partial charge >= 0.3 is 5.97 Å². The van der Waals surface area contributed by atoms with E-state index in [1.54, 1.807) is 25.6 Å². The predicted octanol–water partition coefficient (Wildman–Crippen LogP) is 0.912. The van der Waals surface area contributed by atoms with Gasteiger partial charge in [-0.15, -0.1) is 0 Å². The number of hydrogen-bond acceptors (Lipinski definition) is 4. The number of hydrogen-bond donors (Lipinski definition) is 1. The normalized spacial score (nSPS) is 20.0. The van der Waals surface area contributed by atoms with Gasteiger partial charge in [0, 0.05) is 26.6 Å². The molecule has 1 unspecified atom stereocenters. The maximum absolute atomic E-state index is 12.7. The van der Waals surface area contributed by atoms with E-state index >= 15 is 0 Å². The minimum absolute atomic E-state index is 0.0868. The van der Waals surface area contributed by atoms with E-state index in [0.717, 1.165) is 0 Å². The molecule has 7 nitrogen and oxygen atoms in total. The SMILES string of the molecule is Cc1nn(C)c(C)c1S(=O)(=O)N1CCC(CCC(=O)O)C1. The summed E-state index contributed by atoms with van der Waals surface area (Å²) < 4.78 is 28.5. The molecule has 21 heavy (non-hydrogen) atoms. The van der Waals surface area contributed by atoms with E-state index in [-0.39, 0.29) is 17.2 Å². The molecule has 1 aliphatic heterocycles. The summed E-state index contributed by atoms with van der Waals surface area (Å²) in [4.78, 5) is 10.9. The van der Waals surface area contributed by atoms with Gasteiger partial charge in [-0.1, -0.05) is 0 Å². The number of carbonyl (C=O) groups is 1. The molecule has 8 heteroatoms. The van der Waals surface area contributed by atoms with Crippen molar-refractivity contribution in [1.29, 1.82) is 0 Å². The van der Waals surface area contributed by atoms with Gasteiger partial charge < -0.3 is 5.11 Å². The fourth-order valence-corrected chi connectivity index (χ4v) is 4.77. The molecule has 118 valence electrons. The van der Waals surface area contributed by atoms with E-state index in [1.807, 2.05) is 0 Å². The minimum Gasteiger partial charge on any atom is -0.481 e. The number of aromatic nitrogens is 2. The minimum atomic E-state index is -3.55. The first-order valence-corrected chi connectivity index (χ1v) is 8.39. The largest absolute Gasteiger partial charge is 0.481 e. The van der Waals surface area contributed by atoms with Crippen LogP contribution in [0.15, 0.2) is 4.90 Å². The number of sulfonamides is 1. The predicted molar refractivity (Wildman–Crippen MR) is 76.4 cm³/mol. The third kappa shape index (κ3) is 3.11. The van der Waals surface area contributed by atoms with Gasteiger partial charge in [0.15, 0.2) is 0 Å². The third-order valence-electron chi connectivity index (χ3n) is 4.06. The van der Waals surface area contributed by atoms with E-state index < -0.39 is 16.0 Å². The molecule has 1 saturated heterocycles. The lowest BCUT2D eigenvalue weighted by atomic mass is 10.0. The first-order chi connectivity index (χ1) is 9.73. The molecular weight excluding hydrogens is 294 g/mol. The van der Waals surface area contributed by atoms with E-state index in [1.165, 1.54) is 4.31 Å². The fourth-order valence-electron chi connectivity index (χ4n) is 2.84. The van der Waals surface area contributed by atoms with Crippen LogP contribution in [0, 0.1) is 19.8 Å². The summed E-state index contributed by atoms with van der Waals surface area (Å²) in [6.45, 7) is 4.27. The van der Waals surface area contributed by atoms with Crippen molar-refractivity contribution in [3.05, 3.63) is 11.4 Å². The number of rotatable bonds is 5. The zero-order chi connectivity index (χ0) is 15.8. The molecule has 0 aliphatic carbocycles. The fraction of sp³-hybridized carbons (Fsp3) is 0.692. The Morgan fingerprint density at radius 2 is 2.10 bits per heavy atom. The standard InChI is InChI=1S/C13H21N3O4S/c1-9-13(10(2)15(3)14-9)21(19,20)16-7-6-11(8-16)4-5-12(17)18/h11H,4-8H2,1-3H3,(H,17,18). The molecule has 1 aromatic rings. The molecule has 2 rings (SSSR count). The van der Waals surface area contributed by atoms with Crippen LogP contribution in [0.1, 0.15) is 30.7 Å². The number of aliphatic carboxylic acids is 1. The summed E-state index contributed by atoms with van der Waals surface area (Å²) in [6, 6.07) is 0. The van der Waals surface area contributed by atoms with Crippen molar-refractivity contribution in [2.75, 3.05) is 13.1 Å². The number of aryl methyl sites for hydroxylation is 2. The molecule has 1 N–H and O–H groups in total. The van der Waals surface area contributed by atoms with Crippen LogP contribution in [0.2, 0.25) is 0 Å². The Hall–Kier alpha value is -1.41. The monoisotopic (exact) mass is 315 g/mol. The summed E-state index contributed by atoms with van der Waals surface area (Å²) in [5.41, 5.74) is 1.13. The van der Waals surface area contributed by atoms with Gasteiger partial charge in [0.1, 0.15) is 4.90 Å². The molecule has 1 atom stereocenters. The molecule has 1 aromatic heterocycles. The molecule has 0 saturated carbocycles. The quantitative estimate of drug-likeness (QED) is 0.872. The zero-order valence-corrected chi connectivity index (χ0v) is 13.4. The Balaban J connectivity index is 2.16. The second-order valence-corrected chi connectivity index (χ2v) is 7.45. The van der Waals surface area contributed by atoms with Crippen molar-refractivity contribution in [2.45, 2.75) is 38.0 Å². The van der Waals surface area contributed by atoms with Crippen LogP contribution in [0.25, 0.3) is 0 Å². The second kappa shape index (κ2) is 5.76. The first kappa shape index (κ1) is 16.0. The Labute approximate surface area is 124 Å². The van der Waals surface area contributed by atoms with Crippen molar-refractivity contribution in [2.24, 2.45) is 13.0 Å². The van der Waals surface area contributed by atoms with Crippen LogP contribution in [0.5, 0.6) is 0 Å². The van der Waals surface area contributed by atoms with Crippen LogP contribution in [0.3, 0.4) is 0 Å². The van der Waals surface area contributed by atoms with Gasteiger partial charge in [0.2, 0.25) is 10.0 Å². The molecule has 1 fully saturated rings. The molecule has 0 amide bonds. The summed E-state index contributed by atoms with van der Waals surface area (Å²) in [5, 5.41) is 12.9. The smallest absolute Gasteiger partial charge is 0.303 e. The molecule has 0 radical (unpaired) electrons. The van der Waals surface area contributed by atoms with Crippen molar-refractivity contribution in [3.8, 4) is 0 Å². The highest BCUT2D eigenvalue weighted by Crippen LogP contribution is 2.29. The van der Waals surface area contributed by atoms with Crippen molar-refractivity contribution < 1.29 is 18.3 Å². The van der Waals surface area contributed by atoms with Crippen molar-refractivity contribution in [3.63, 3.8) is 0 Å². The van der Waals surface area contributed by atoms with Gasteiger partial charge in [0.25, 0.3) is 0 Å². The van der Waals surface area contributed by atoms with Crippen LogP contribution in [0.4, 0.5) is 0 Å². The highest BCUT2D eigenvalue weighted by molar-refractivity contribution is 7.89. The number of carboxylic acids is 1. The maximum atomic E-state index is 12.7. The molecule has 2 heterocycles. The second-order valence-electron chi connectivity index (χ2n) is 5.57. The number of carboxylic acid groups (broad SMARTS) is 1. The van der Waals surface area contributed by atoms with Gasteiger partial charge in [-0.3, -0.25) is 9.48 Å². The summed E-state index contributed by atoms with van der Waals surface area (Å²) >= 11 is 0. The molecule has 0 aromatic carbocycles. The van der Waals surface area contributed by atoms with Gasteiger partial charge in [-0.2, -0.15) is 9.40 Å². The molecule has 0 bridgehead atoms. The molecule has 1 aliphatic rings. The van der Waals surface area contributed by atoms with Gasteiger partial charge in [-0.25, -0.2) is 8.42 Å². The van der Waals surface area contributed by atoms with Gasteiger partial charge in [-0.05, 0) is 32.6 Å². The average molecular weight is 315 g/mol. The van der Waals surface area contributed by atoms with E-state index in [9.17, 15) is 13.2 Å². The lowest BCUT2D eigenvalue weighted by Crippen LogP contribution is -2.29. The third-order valence-corrected chi connectivity index (χ3v) is 6.17. The van der Waals surface area contributed by atoms with Crippen LogP contribution < -0.4 is 0 Å². The Bertz CT molecular complexity index is 651. The topological polar surface area (TPSA) is 92.5 Å². The van der Waals surface area contributed by atoms with Crippen LogP contribution >= 0.6 is 0 Å². The first-order valence-electron chi connectivity index (χ1n) is 6.95.